The van der Waals surface area contributed by atoms with Crippen molar-refractivity contribution in [2.45, 2.75) is 63.0 Å². The summed E-state index contributed by atoms with van der Waals surface area (Å²) in [7, 11) is 0. The Balaban J connectivity index is 1.73. The highest BCUT2D eigenvalue weighted by molar-refractivity contribution is 5.81. The summed E-state index contributed by atoms with van der Waals surface area (Å²) in [5.74, 6) is -4.14. The molecule has 3 atom stereocenters. The molecule has 1 heterocycles. The highest BCUT2D eigenvalue weighted by Crippen LogP contribution is 2.46. The number of rotatable bonds is 6. The molecule has 1 saturated heterocycles. The molecule has 0 spiro atoms. The molecule has 1 aliphatic carbocycles. The zero-order chi connectivity index (χ0) is 19.4. The molecule has 0 bridgehead atoms. The van der Waals surface area contributed by atoms with E-state index in [1.54, 1.807) is 0 Å². The molecule has 2 aliphatic rings. The lowest BCUT2D eigenvalue weighted by Crippen LogP contribution is -2.42. The van der Waals surface area contributed by atoms with E-state index in [0.717, 1.165) is 19.4 Å². The van der Waals surface area contributed by atoms with Gasteiger partial charge in [-0.25, -0.2) is 0 Å². The Labute approximate surface area is 148 Å². The van der Waals surface area contributed by atoms with Crippen molar-refractivity contribution in [3.8, 4) is 0 Å². The largest absolute Gasteiger partial charge is 0.391 e. The van der Waals surface area contributed by atoms with Gasteiger partial charge in [0.15, 0.2) is 0 Å². The Kier molecular flexibility index (Phi) is 7.18. The number of alkyl halides is 6. The van der Waals surface area contributed by atoms with E-state index in [1.807, 2.05) is 0 Å². The van der Waals surface area contributed by atoms with Gasteiger partial charge in [-0.05, 0) is 45.1 Å². The maximum atomic E-state index is 12.9. The Morgan fingerprint density at radius 1 is 1.04 bits per heavy atom. The van der Waals surface area contributed by atoms with Crippen molar-refractivity contribution in [1.82, 2.24) is 10.6 Å². The van der Waals surface area contributed by atoms with E-state index >= 15 is 0 Å². The maximum absolute atomic E-state index is 12.9. The van der Waals surface area contributed by atoms with Crippen LogP contribution in [-0.2, 0) is 9.53 Å². The summed E-state index contributed by atoms with van der Waals surface area (Å²) in [4.78, 5) is 11.8. The summed E-state index contributed by atoms with van der Waals surface area (Å²) in [6, 6.07) is -0.227. The van der Waals surface area contributed by atoms with E-state index in [0.29, 0.717) is 6.42 Å². The van der Waals surface area contributed by atoms with Crippen LogP contribution in [-0.4, -0.2) is 50.1 Å². The van der Waals surface area contributed by atoms with Crippen molar-refractivity contribution in [3.05, 3.63) is 0 Å². The summed E-state index contributed by atoms with van der Waals surface area (Å²) in [6.45, 7) is 1.07. The molecule has 1 aliphatic heterocycles. The van der Waals surface area contributed by atoms with Gasteiger partial charge in [0.05, 0.1) is 24.0 Å². The number of amides is 1. The van der Waals surface area contributed by atoms with Crippen LogP contribution < -0.4 is 10.6 Å². The van der Waals surface area contributed by atoms with Gasteiger partial charge in [0.25, 0.3) is 0 Å². The van der Waals surface area contributed by atoms with Crippen molar-refractivity contribution >= 4 is 5.91 Å². The molecular formula is C16H24F6N2O2. The third-order valence-corrected chi connectivity index (χ3v) is 4.94. The standard InChI is InChI=1S/C16H24F6N2O2/c17-15(18,19)10-7-11(16(20,21)22)9-12(8-10)26-6-2-5-24-14(25)13-3-1-4-23-13/h10-13,23H,1-9H2,(H,24,25)/t10?,11?,12?,13-/m1/s1. The van der Waals surface area contributed by atoms with Gasteiger partial charge in [0, 0.05) is 13.2 Å². The SMILES string of the molecule is O=C(NCCCOC1CC(C(F)(F)F)CC(C(F)(F)F)C1)[C@H]1CCCN1. The van der Waals surface area contributed by atoms with Crippen LogP contribution in [0.1, 0.15) is 38.5 Å². The van der Waals surface area contributed by atoms with Crippen LogP contribution >= 0.6 is 0 Å². The molecular weight excluding hydrogens is 366 g/mol. The molecule has 0 aromatic rings. The van der Waals surface area contributed by atoms with E-state index in [-0.39, 0.29) is 25.1 Å². The van der Waals surface area contributed by atoms with E-state index in [2.05, 4.69) is 10.6 Å². The summed E-state index contributed by atoms with van der Waals surface area (Å²) in [5.41, 5.74) is 0. The first-order valence-electron chi connectivity index (χ1n) is 8.83. The molecule has 2 unspecified atom stereocenters. The zero-order valence-corrected chi connectivity index (χ0v) is 14.3. The third kappa shape index (κ3) is 6.29. The summed E-state index contributed by atoms with van der Waals surface area (Å²) >= 11 is 0. The molecule has 1 amide bonds. The molecule has 0 aromatic heterocycles. The van der Waals surface area contributed by atoms with Gasteiger partial charge in [0.2, 0.25) is 5.91 Å². The number of carbonyl (C=O) groups is 1. The van der Waals surface area contributed by atoms with Crippen molar-refractivity contribution < 1.29 is 35.9 Å². The lowest BCUT2D eigenvalue weighted by Gasteiger charge is -2.36. The second-order valence-corrected chi connectivity index (χ2v) is 6.97. The smallest absolute Gasteiger partial charge is 0.378 e. The summed E-state index contributed by atoms with van der Waals surface area (Å²) < 4.78 is 82.6. The van der Waals surface area contributed by atoms with E-state index < -0.39 is 49.6 Å². The molecule has 10 heteroatoms. The number of hydrogen-bond donors (Lipinski definition) is 2. The second-order valence-electron chi connectivity index (χ2n) is 6.97. The average molecular weight is 390 g/mol. The maximum Gasteiger partial charge on any atom is 0.391 e. The Hall–Kier alpha value is -1.03. The summed E-state index contributed by atoms with van der Waals surface area (Å²) in [6.07, 6.45) is -10.2. The van der Waals surface area contributed by atoms with Gasteiger partial charge in [-0.1, -0.05) is 0 Å². The van der Waals surface area contributed by atoms with Crippen LogP contribution in [0, 0.1) is 11.8 Å². The second kappa shape index (κ2) is 8.77. The van der Waals surface area contributed by atoms with Gasteiger partial charge in [-0.3, -0.25) is 4.79 Å². The predicted octanol–water partition coefficient (Wildman–Crippen LogP) is 3.17. The first kappa shape index (κ1) is 21.3. The Morgan fingerprint density at radius 3 is 2.15 bits per heavy atom. The number of carbonyl (C=O) groups excluding carboxylic acids is 1. The number of hydrogen-bond acceptors (Lipinski definition) is 3. The van der Waals surface area contributed by atoms with Crippen LogP contribution in [0.3, 0.4) is 0 Å². The molecule has 26 heavy (non-hydrogen) atoms. The third-order valence-electron chi connectivity index (χ3n) is 4.94. The van der Waals surface area contributed by atoms with Gasteiger partial charge in [-0.2, -0.15) is 26.3 Å². The van der Waals surface area contributed by atoms with Crippen molar-refractivity contribution in [3.63, 3.8) is 0 Å². The van der Waals surface area contributed by atoms with Crippen molar-refractivity contribution in [2.75, 3.05) is 19.7 Å². The number of halogens is 6. The van der Waals surface area contributed by atoms with Crippen LogP contribution in [0.15, 0.2) is 0 Å². The molecule has 1 saturated carbocycles. The fourth-order valence-corrected chi connectivity index (χ4v) is 3.50. The Bertz CT molecular complexity index is 441. The highest BCUT2D eigenvalue weighted by Gasteiger charge is 2.52. The van der Waals surface area contributed by atoms with Gasteiger partial charge in [0.1, 0.15) is 0 Å². The van der Waals surface area contributed by atoms with Gasteiger partial charge in [-0.15, -0.1) is 0 Å². The molecule has 0 radical (unpaired) electrons. The van der Waals surface area contributed by atoms with Gasteiger partial charge >= 0.3 is 12.4 Å². The van der Waals surface area contributed by atoms with Crippen LogP contribution in [0.25, 0.3) is 0 Å². The average Bonchev–Trinajstić information content (AvgIpc) is 3.07. The normalized spacial score (nSPS) is 30.4. The molecule has 152 valence electrons. The molecule has 4 nitrogen and oxygen atoms in total. The fourth-order valence-electron chi connectivity index (χ4n) is 3.50. The van der Waals surface area contributed by atoms with E-state index in [1.165, 1.54) is 0 Å². The highest BCUT2D eigenvalue weighted by atomic mass is 19.4. The minimum atomic E-state index is -4.66. The van der Waals surface area contributed by atoms with E-state index in [4.69, 9.17) is 4.74 Å². The summed E-state index contributed by atoms with van der Waals surface area (Å²) in [5, 5.41) is 5.72. The van der Waals surface area contributed by atoms with E-state index in [9.17, 15) is 31.1 Å². The predicted molar refractivity (Wildman–Crippen MR) is 81.3 cm³/mol. The number of nitrogens with one attached hydrogen (secondary N) is 2. The molecule has 2 fully saturated rings. The quantitative estimate of drug-likeness (QED) is 0.541. The van der Waals surface area contributed by atoms with Crippen LogP contribution in [0.2, 0.25) is 0 Å². The van der Waals surface area contributed by atoms with Crippen LogP contribution in [0.4, 0.5) is 26.3 Å². The first-order valence-corrected chi connectivity index (χ1v) is 8.83. The van der Waals surface area contributed by atoms with Gasteiger partial charge < -0.3 is 15.4 Å². The minimum absolute atomic E-state index is 0.0121. The van der Waals surface area contributed by atoms with Crippen LogP contribution in [0.5, 0.6) is 0 Å². The first-order chi connectivity index (χ1) is 12.1. The monoisotopic (exact) mass is 390 g/mol. The Morgan fingerprint density at radius 2 is 1.65 bits per heavy atom. The molecule has 0 aromatic carbocycles. The lowest BCUT2D eigenvalue weighted by molar-refractivity contribution is -0.236. The number of ether oxygens (including phenoxy) is 1. The lowest BCUT2D eigenvalue weighted by atomic mass is 9.79. The fraction of sp³-hybridized carbons (Fsp3) is 0.938. The zero-order valence-electron chi connectivity index (χ0n) is 14.3. The molecule has 2 N–H and O–H groups in total. The topological polar surface area (TPSA) is 50.4 Å². The van der Waals surface area contributed by atoms with Crippen molar-refractivity contribution in [1.29, 1.82) is 0 Å². The van der Waals surface area contributed by atoms with Crippen molar-refractivity contribution in [2.24, 2.45) is 11.8 Å². The molecule has 2 rings (SSSR count). The minimum Gasteiger partial charge on any atom is -0.378 e.